The highest BCUT2D eigenvalue weighted by Crippen LogP contribution is 2.31. The Morgan fingerprint density at radius 2 is 2.10 bits per heavy atom. The van der Waals surface area contributed by atoms with Gasteiger partial charge >= 0.3 is 0 Å². The first kappa shape index (κ1) is 15.1. The van der Waals surface area contributed by atoms with Crippen molar-refractivity contribution in [1.29, 1.82) is 0 Å². The molecular formula is C16H26N2O2. The fraction of sp³-hybridized carbons (Fsp3) is 0.625. The van der Waals surface area contributed by atoms with Gasteiger partial charge in [0, 0.05) is 50.2 Å². The van der Waals surface area contributed by atoms with Crippen molar-refractivity contribution in [3.8, 4) is 5.75 Å². The summed E-state index contributed by atoms with van der Waals surface area (Å²) >= 11 is 0. The molecule has 0 radical (unpaired) electrons. The van der Waals surface area contributed by atoms with Crippen LogP contribution in [0.5, 0.6) is 5.75 Å². The molecule has 1 heterocycles. The topological polar surface area (TPSA) is 44.7 Å². The van der Waals surface area contributed by atoms with E-state index in [0.717, 1.165) is 43.8 Å². The van der Waals surface area contributed by atoms with Gasteiger partial charge in [0.2, 0.25) is 0 Å². The Hall–Kier alpha value is -1.26. The van der Waals surface area contributed by atoms with Crippen LogP contribution in [0.3, 0.4) is 0 Å². The summed E-state index contributed by atoms with van der Waals surface area (Å²) in [6, 6.07) is 6.18. The highest BCUT2D eigenvalue weighted by molar-refractivity contribution is 5.54. The molecule has 20 heavy (non-hydrogen) atoms. The lowest BCUT2D eigenvalue weighted by Crippen LogP contribution is -2.35. The minimum absolute atomic E-state index is 0.163. The Kier molecular flexibility index (Phi) is 5.26. The maximum Gasteiger partial charge on any atom is 0.122 e. The number of benzene rings is 1. The molecule has 1 atom stereocenters. The Bertz CT molecular complexity index is 428. The molecule has 0 saturated carbocycles. The Balaban J connectivity index is 2.02. The van der Waals surface area contributed by atoms with Crippen LogP contribution >= 0.6 is 0 Å². The van der Waals surface area contributed by atoms with E-state index in [0.29, 0.717) is 11.7 Å². The zero-order valence-corrected chi connectivity index (χ0v) is 12.7. The molecule has 1 aromatic rings. The second kappa shape index (κ2) is 6.95. The van der Waals surface area contributed by atoms with Crippen LogP contribution in [0.4, 0.5) is 5.69 Å². The van der Waals surface area contributed by atoms with E-state index in [2.05, 4.69) is 16.3 Å². The number of phenolic OH excluding ortho intramolecular Hbond substituents is 1. The molecule has 0 spiro atoms. The molecule has 2 rings (SSSR count). The molecule has 0 aromatic heterocycles. The number of phenols is 1. The predicted molar refractivity (Wildman–Crippen MR) is 82.4 cm³/mol. The van der Waals surface area contributed by atoms with E-state index in [1.807, 2.05) is 26.1 Å². The van der Waals surface area contributed by atoms with E-state index in [1.165, 1.54) is 0 Å². The smallest absolute Gasteiger partial charge is 0.122 e. The van der Waals surface area contributed by atoms with Gasteiger partial charge in [0.15, 0.2) is 0 Å². The lowest BCUT2D eigenvalue weighted by Gasteiger charge is -2.33. The number of ether oxygens (including phenoxy) is 1. The number of hydrogen-bond acceptors (Lipinski definition) is 4. The fourth-order valence-electron chi connectivity index (χ4n) is 2.84. The van der Waals surface area contributed by atoms with E-state index < -0.39 is 0 Å². The highest BCUT2D eigenvalue weighted by Gasteiger charge is 2.20. The van der Waals surface area contributed by atoms with Crippen molar-refractivity contribution in [2.24, 2.45) is 5.92 Å². The first-order chi connectivity index (χ1) is 9.65. The summed E-state index contributed by atoms with van der Waals surface area (Å²) in [7, 11) is 3.67. The van der Waals surface area contributed by atoms with Crippen molar-refractivity contribution in [3.63, 3.8) is 0 Å². The molecule has 1 fully saturated rings. The van der Waals surface area contributed by atoms with E-state index >= 15 is 0 Å². The minimum Gasteiger partial charge on any atom is -0.508 e. The molecule has 4 heteroatoms. The van der Waals surface area contributed by atoms with Gasteiger partial charge in [0.05, 0.1) is 0 Å². The van der Waals surface area contributed by atoms with E-state index in [4.69, 9.17) is 4.74 Å². The van der Waals surface area contributed by atoms with Crippen LogP contribution in [0.25, 0.3) is 0 Å². The summed E-state index contributed by atoms with van der Waals surface area (Å²) in [6.45, 7) is 4.98. The molecule has 4 nitrogen and oxygen atoms in total. The third-order valence-corrected chi connectivity index (χ3v) is 4.30. The van der Waals surface area contributed by atoms with E-state index in [1.54, 1.807) is 7.11 Å². The number of methoxy groups -OCH3 is 1. The van der Waals surface area contributed by atoms with Crippen molar-refractivity contribution < 1.29 is 9.84 Å². The number of hydrogen-bond donors (Lipinski definition) is 2. The van der Waals surface area contributed by atoms with Crippen LogP contribution in [0.15, 0.2) is 18.2 Å². The van der Waals surface area contributed by atoms with Crippen LogP contribution in [-0.4, -0.2) is 39.0 Å². The zero-order valence-electron chi connectivity index (χ0n) is 12.7. The molecule has 112 valence electrons. The number of nitrogens with one attached hydrogen (secondary N) is 1. The molecule has 1 aliphatic rings. The Labute approximate surface area is 121 Å². The summed E-state index contributed by atoms with van der Waals surface area (Å²) in [5.74, 6) is 1.05. The van der Waals surface area contributed by atoms with Crippen LogP contribution in [0, 0.1) is 5.92 Å². The second-order valence-corrected chi connectivity index (χ2v) is 5.64. The number of piperidine rings is 1. The second-order valence-electron chi connectivity index (χ2n) is 5.64. The standard InChI is InChI=1S/C16H26N2O2/c1-12(17-2)15-5-4-14(10-16(15)19)18-8-6-13(7-9-18)11-20-3/h4-5,10,12-13,17,19H,6-9,11H2,1-3H3. The molecule has 1 saturated heterocycles. The van der Waals surface area contributed by atoms with Gasteiger partial charge in [-0.3, -0.25) is 0 Å². The summed E-state index contributed by atoms with van der Waals surface area (Å²) in [4.78, 5) is 2.35. The van der Waals surface area contributed by atoms with Crippen molar-refractivity contribution in [2.75, 3.05) is 38.8 Å². The van der Waals surface area contributed by atoms with E-state index in [9.17, 15) is 5.11 Å². The summed E-state index contributed by atoms with van der Waals surface area (Å²) in [5, 5.41) is 13.3. The average Bonchev–Trinajstić information content (AvgIpc) is 2.47. The van der Waals surface area contributed by atoms with Gasteiger partial charge in [-0.1, -0.05) is 6.07 Å². The quantitative estimate of drug-likeness (QED) is 0.869. The van der Waals surface area contributed by atoms with Crippen molar-refractivity contribution in [2.45, 2.75) is 25.8 Å². The van der Waals surface area contributed by atoms with Crippen molar-refractivity contribution in [1.82, 2.24) is 5.32 Å². The summed E-state index contributed by atoms with van der Waals surface area (Å²) in [5.41, 5.74) is 2.07. The number of aromatic hydroxyl groups is 1. The van der Waals surface area contributed by atoms with E-state index in [-0.39, 0.29) is 6.04 Å². The third-order valence-electron chi connectivity index (χ3n) is 4.30. The maximum absolute atomic E-state index is 10.2. The first-order valence-corrected chi connectivity index (χ1v) is 7.39. The van der Waals surface area contributed by atoms with Gasteiger partial charge in [-0.2, -0.15) is 0 Å². The molecule has 0 aliphatic carbocycles. The number of anilines is 1. The summed E-state index contributed by atoms with van der Waals surface area (Å²) in [6.07, 6.45) is 2.31. The lowest BCUT2D eigenvalue weighted by molar-refractivity contribution is 0.139. The Morgan fingerprint density at radius 3 is 2.65 bits per heavy atom. The molecular weight excluding hydrogens is 252 g/mol. The monoisotopic (exact) mass is 278 g/mol. The van der Waals surface area contributed by atoms with Gasteiger partial charge in [-0.25, -0.2) is 0 Å². The van der Waals surface area contributed by atoms with Gasteiger partial charge in [-0.05, 0) is 38.8 Å². The van der Waals surface area contributed by atoms with Gasteiger partial charge in [-0.15, -0.1) is 0 Å². The van der Waals surface area contributed by atoms with Gasteiger partial charge in [0.25, 0.3) is 0 Å². The lowest BCUT2D eigenvalue weighted by atomic mass is 9.97. The first-order valence-electron chi connectivity index (χ1n) is 7.39. The normalized spacial score (nSPS) is 18.2. The van der Waals surface area contributed by atoms with Crippen LogP contribution < -0.4 is 10.2 Å². The van der Waals surface area contributed by atoms with Crippen LogP contribution in [0.1, 0.15) is 31.4 Å². The molecule has 1 unspecified atom stereocenters. The predicted octanol–water partition coefficient (Wildman–Crippen LogP) is 2.54. The minimum atomic E-state index is 0.163. The van der Waals surface area contributed by atoms with Gasteiger partial charge < -0.3 is 20.1 Å². The maximum atomic E-state index is 10.2. The highest BCUT2D eigenvalue weighted by atomic mass is 16.5. The largest absolute Gasteiger partial charge is 0.508 e. The SMILES string of the molecule is CNC(C)c1ccc(N2CCC(COC)CC2)cc1O. The molecule has 0 bridgehead atoms. The molecule has 1 aliphatic heterocycles. The number of nitrogens with zero attached hydrogens (tertiary/aromatic N) is 1. The fourth-order valence-corrected chi connectivity index (χ4v) is 2.84. The molecule has 1 aromatic carbocycles. The summed E-state index contributed by atoms with van der Waals surface area (Å²) < 4.78 is 5.23. The average molecular weight is 278 g/mol. The van der Waals surface area contributed by atoms with Gasteiger partial charge in [0.1, 0.15) is 5.75 Å². The van der Waals surface area contributed by atoms with Crippen LogP contribution in [0.2, 0.25) is 0 Å². The number of rotatable bonds is 5. The zero-order chi connectivity index (χ0) is 14.5. The van der Waals surface area contributed by atoms with Crippen LogP contribution in [-0.2, 0) is 4.74 Å². The van der Waals surface area contributed by atoms with Crippen molar-refractivity contribution >= 4 is 5.69 Å². The van der Waals surface area contributed by atoms with Crippen molar-refractivity contribution in [3.05, 3.63) is 23.8 Å². The molecule has 0 amide bonds. The Morgan fingerprint density at radius 1 is 1.40 bits per heavy atom. The third kappa shape index (κ3) is 3.44. The molecule has 2 N–H and O–H groups in total.